The van der Waals surface area contributed by atoms with Crippen molar-refractivity contribution in [2.75, 3.05) is 26.7 Å². The number of rotatable bonds is 10. The normalized spacial score (nSPS) is 13.1. The van der Waals surface area contributed by atoms with Crippen LogP contribution < -0.4 is 11.1 Å². The van der Waals surface area contributed by atoms with E-state index < -0.39 is 0 Å². The molecular formula is C14H31N3O. The molecule has 1 amide bonds. The number of nitrogens with two attached hydrogens (primary N) is 1. The van der Waals surface area contributed by atoms with Crippen molar-refractivity contribution in [2.24, 2.45) is 11.7 Å². The van der Waals surface area contributed by atoms with Crippen molar-refractivity contribution in [1.82, 2.24) is 10.2 Å². The van der Waals surface area contributed by atoms with Crippen LogP contribution in [0.25, 0.3) is 0 Å². The average molecular weight is 257 g/mol. The molecule has 0 radical (unpaired) electrons. The third-order valence-corrected chi connectivity index (χ3v) is 3.41. The van der Waals surface area contributed by atoms with Crippen LogP contribution in [0.4, 0.5) is 0 Å². The minimum absolute atomic E-state index is 0.160. The average Bonchev–Trinajstić information content (AvgIpc) is 2.34. The molecule has 1 atom stereocenters. The monoisotopic (exact) mass is 257 g/mol. The highest BCUT2D eigenvalue weighted by Gasteiger charge is 2.05. The summed E-state index contributed by atoms with van der Waals surface area (Å²) in [5.41, 5.74) is 5.51. The predicted octanol–water partition coefficient (Wildman–Crippen LogP) is 1.60. The first-order chi connectivity index (χ1) is 8.47. The van der Waals surface area contributed by atoms with Gasteiger partial charge >= 0.3 is 0 Å². The molecule has 0 fully saturated rings. The third kappa shape index (κ3) is 9.42. The minimum atomic E-state index is 0.160. The topological polar surface area (TPSA) is 58.4 Å². The number of carbonyl (C=O) groups is 1. The molecule has 0 rings (SSSR count). The SMILES string of the molecule is CC(CN)CCC(=O)NCCCCN(C)C(C)C. The molecule has 4 nitrogen and oxygen atoms in total. The van der Waals surface area contributed by atoms with Crippen molar-refractivity contribution in [3.8, 4) is 0 Å². The van der Waals surface area contributed by atoms with Crippen LogP contribution in [0.3, 0.4) is 0 Å². The van der Waals surface area contributed by atoms with Crippen molar-refractivity contribution >= 4 is 5.91 Å². The van der Waals surface area contributed by atoms with Crippen molar-refractivity contribution in [1.29, 1.82) is 0 Å². The molecule has 3 N–H and O–H groups in total. The zero-order valence-corrected chi connectivity index (χ0v) is 12.5. The standard InChI is InChI=1S/C14H31N3O/c1-12(2)17(4)10-6-5-9-16-14(18)8-7-13(3)11-15/h12-13H,5-11,15H2,1-4H3,(H,16,18). The largest absolute Gasteiger partial charge is 0.356 e. The van der Waals surface area contributed by atoms with Gasteiger partial charge in [0.2, 0.25) is 5.91 Å². The number of amides is 1. The molecule has 1 unspecified atom stereocenters. The number of unbranched alkanes of at least 4 members (excludes halogenated alkanes) is 1. The van der Waals surface area contributed by atoms with Gasteiger partial charge in [-0.2, -0.15) is 0 Å². The maximum Gasteiger partial charge on any atom is 0.220 e. The number of hydrogen-bond donors (Lipinski definition) is 2. The van der Waals surface area contributed by atoms with Gasteiger partial charge in [-0.1, -0.05) is 6.92 Å². The summed E-state index contributed by atoms with van der Waals surface area (Å²) in [6, 6.07) is 0.595. The first-order valence-electron chi connectivity index (χ1n) is 7.14. The van der Waals surface area contributed by atoms with Gasteiger partial charge in [0.25, 0.3) is 0 Å². The van der Waals surface area contributed by atoms with E-state index in [0.717, 1.165) is 32.4 Å². The molecule has 0 aliphatic rings. The third-order valence-electron chi connectivity index (χ3n) is 3.41. The molecule has 108 valence electrons. The lowest BCUT2D eigenvalue weighted by molar-refractivity contribution is -0.121. The minimum Gasteiger partial charge on any atom is -0.356 e. The second kappa shape index (κ2) is 10.3. The number of nitrogens with one attached hydrogen (secondary N) is 1. The van der Waals surface area contributed by atoms with Crippen LogP contribution in [0.15, 0.2) is 0 Å². The second-order valence-electron chi connectivity index (χ2n) is 5.51. The van der Waals surface area contributed by atoms with E-state index in [1.165, 1.54) is 0 Å². The first-order valence-corrected chi connectivity index (χ1v) is 7.14. The Balaban J connectivity index is 3.41. The molecule has 0 aliphatic carbocycles. The van der Waals surface area contributed by atoms with Crippen molar-refractivity contribution in [2.45, 2.75) is 52.5 Å². The summed E-state index contributed by atoms with van der Waals surface area (Å²) in [5, 5.41) is 2.97. The molecule has 0 aromatic heterocycles. The van der Waals surface area contributed by atoms with E-state index in [1.54, 1.807) is 0 Å². The molecule has 0 saturated carbocycles. The lowest BCUT2D eigenvalue weighted by atomic mass is 10.1. The van der Waals surface area contributed by atoms with Gasteiger partial charge in [-0.15, -0.1) is 0 Å². The Hall–Kier alpha value is -0.610. The number of nitrogens with zero attached hydrogens (tertiary/aromatic N) is 1. The fourth-order valence-corrected chi connectivity index (χ4v) is 1.56. The number of carbonyl (C=O) groups excluding carboxylic acids is 1. The summed E-state index contributed by atoms with van der Waals surface area (Å²) in [6.07, 6.45) is 3.67. The van der Waals surface area contributed by atoms with E-state index in [-0.39, 0.29) is 5.91 Å². The molecule has 0 heterocycles. The molecular weight excluding hydrogens is 226 g/mol. The van der Waals surface area contributed by atoms with Gasteiger partial charge in [0.05, 0.1) is 0 Å². The summed E-state index contributed by atoms with van der Waals surface area (Å²) >= 11 is 0. The molecule has 0 saturated heterocycles. The molecule has 0 spiro atoms. The lowest BCUT2D eigenvalue weighted by Gasteiger charge is -2.20. The Morgan fingerprint density at radius 1 is 1.28 bits per heavy atom. The van der Waals surface area contributed by atoms with E-state index in [9.17, 15) is 4.79 Å². The fraction of sp³-hybridized carbons (Fsp3) is 0.929. The highest BCUT2D eigenvalue weighted by molar-refractivity contribution is 5.75. The zero-order valence-electron chi connectivity index (χ0n) is 12.5. The van der Waals surface area contributed by atoms with E-state index in [4.69, 9.17) is 5.73 Å². The Morgan fingerprint density at radius 3 is 2.50 bits per heavy atom. The summed E-state index contributed by atoms with van der Waals surface area (Å²) in [6.45, 7) is 9.02. The smallest absolute Gasteiger partial charge is 0.220 e. The van der Waals surface area contributed by atoms with Crippen molar-refractivity contribution in [3.05, 3.63) is 0 Å². The van der Waals surface area contributed by atoms with Gasteiger partial charge in [-0.25, -0.2) is 0 Å². The van der Waals surface area contributed by atoms with Crippen LogP contribution >= 0.6 is 0 Å². The summed E-state index contributed by atoms with van der Waals surface area (Å²) < 4.78 is 0. The fourth-order valence-electron chi connectivity index (χ4n) is 1.56. The van der Waals surface area contributed by atoms with Gasteiger partial charge in [0.15, 0.2) is 0 Å². The molecule has 18 heavy (non-hydrogen) atoms. The molecule has 4 heteroatoms. The van der Waals surface area contributed by atoms with Crippen LogP contribution in [0, 0.1) is 5.92 Å². The highest BCUT2D eigenvalue weighted by atomic mass is 16.1. The van der Waals surface area contributed by atoms with E-state index in [0.29, 0.717) is 24.9 Å². The summed E-state index contributed by atoms with van der Waals surface area (Å²) in [4.78, 5) is 13.8. The van der Waals surface area contributed by atoms with Gasteiger partial charge in [0.1, 0.15) is 0 Å². The van der Waals surface area contributed by atoms with Crippen LogP contribution in [-0.4, -0.2) is 43.5 Å². The van der Waals surface area contributed by atoms with Crippen LogP contribution in [0.2, 0.25) is 0 Å². The molecule has 0 aromatic carbocycles. The van der Waals surface area contributed by atoms with Gasteiger partial charge in [-0.05, 0) is 59.2 Å². The van der Waals surface area contributed by atoms with Gasteiger partial charge < -0.3 is 16.0 Å². The molecule has 0 aromatic rings. The van der Waals surface area contributed by atoms with Gasteiger partial charge in [0, 0.05) is 19.0 Å². The lowest BCUT2D eigenvalue weighted by Crippen LogP contribution is -2.29. The van der Waals surface area contributed by atoms with Crippen molar-refractivity contribution in [3.63, 3.8) is 0 Å². The van der Waals surface area contributed by atoms with Crippen molar-refractivity contribution < 1.29 is 4.79 Å². The predicted molar refractivity (Wildman–Crippen MR) is 77.5 cm³/mol. The first kappa shape index (κ1) is 17.4. The summed E-state index contributed by atoms with van der Waals surface area (Å²) in [5.74, 6) is 0.600. The van der Waals surface area contributed by atoms with E-state index in [2.05, 4.69) is 38.0 Å². The van der Waals surface area contributed by atoms with E-state index >= 15 is 0 Å². The second-order valence-corrected chi connectivity index (χ2v) is 5.51. The maximum absolute atomic E-state index is 11.5. The van der Waals surface area contributed by atoms with Crippen LogP contribution in [-0.2, 0) is 4.79 Å². The Labute approximate surface area is 112 Å². The summed E-state index contributed by atoms with van der Waals surface area (Å²) in [7, 11) is 2.14. The molecule has 0 aliphatic heterocycles. The zero-order chi connectivity index (χ0) is 14.0. The Kier molecular flexibility index (Phi) is 9.98. The quantitative estimate of drug-likeness (QED) is 0.584. The van der Waals surface area contributed by atoms with Gasteiger partial charge in [-0.3, -0.25) is 4.79 Å². The highest BCUT2D eigenvalue weighted by Crippen LogP contribution is 2.02. The molecule has 0 bridgehead atoms. The maximum atomic E-state index is 11.5. The Bertz CT molecular complexity index is 219. The Morgan fingerprint density at radius 2 is 1.94 bits per heavy atom. The number of hydrogen-bond acceptors (Lipinski definition) is 3. The van der Waals surface area contributed by atoms with E-state index in [1.807, 2.05) is 0 Å². The van der Waals surface area contributed by atoms with Crippen LogP contribution in [0.5, 0.6) is 0 Å². The van der Waals surface area contributed by atoms with Crippen LogP contribution in [0.1, 0.15) is 46.5 Å².